The zero-order valence-electron chi connectivity index (χ0n) is 15.6. The Bertz CT molecular complexity index is 969. The first-order valence-electron chi connectivity index (χ1n) is 9.60. The number of nitrogens with zero attached hydrogens (tertiary/aromatic N) is 2. The summed E-state index contributed by atoms with van der Waals surface area (Å²) in [6.07, 6.45) is 2.69. The van der Waals surface area contributed by atoms with Gasteiger partial charge in [0.25, 0.3) is 0 Å². The number of carbonyl (C=O) groups excluding carboxylic acids is 1. The molecule has 0 radical (unpaired) electrons. The quantitative estimate of drug-likeness (QED) is 0.790. The molecule has 4 rings (SSSR count). The lowest BCUT2D eigenvalue weighted by Crippen LogP contribution is -2.42. The SMILES string of the molecule is O=C(C[C@@H]1c2ccccc2CCN1S(=O)(=O)c1ccc(F)cc1)N1CCCC1. The first-order valence-corrected chi connectivity index (χ1v) is 11.0. The second kappa shape index (κ2) is 7.64. The number of likely N-dealkylation sites (tertiary alicyclic amines) is 1. The third-order valence-corrected chi connectivity index (χ3v) is 7.53. The molecule has 2 aliphatic heterocycles. The Hall–Kier alpha value is -2.25. The number of halogens is 1. The van der Waals surface area contributed by atoms with Crippen LogP contribution in [0.5, 0.6) is 0 Å². The van der Waals surface area contributed by atoms with Crippen molar-refractivity contribution in [1.29, 1.82) is 0 Å². The summed E-state index contributed by atoms with van der Waals surface area (Å²) in [4.78, 5) is 14.7. The molecular weight excluding hydrogens is 379 g/mol. The van der Waals surface area contributed by atoms with Gasteiger partial charge in [0, 0.05) is 26.1 Å². The van der Waals surface area contributed by atoms with Gasteiger partial charge in [-0.15, -0.1) is 0 Å². The zero-order valence-corrected chi connectivity index (χ0v) is 16.4. The Kier molecular flexibility index (Phi) is 5.21. The summed E-state index contributed by atoms with van der Waals surface area (Å²) in [5.74, 6) is -0.498. The molecule has 0 unspecified atom stereocenters. The van der Waals surface area contributed by atoms with Crippen LogP contribution < -0.4 is 0 Å². The predicted molar refractivity (Wildman–Crippen MR) is 104 cm³/mol. The highest BCUT2D eigenvalue weighted by Crippen LogP contribution is 2.37. The summed E-state index contributed by atoms with van der Waals surface area (Å²) in [5, 5.41) is 0. The Labute approximate surface area is 164 Å². The van der Waals surface area contributed by atoms with E-state index in [2.05, 4.69) is 0 Å². The van der Waals surface area contributed by atoms with E-state index in [1.807, 2.05) is 29.2 Å². The molecule has 1 fully saturated rings. The van der Waals surface area contributed by atoms with E-state index in [-0.39, 0.29) is 17.2 Å². The topological polar surface area (TPSA) is 57.7 Å². The van der Waals surface area contributed by atoms with Gasteiger partial charge >= 0.3 is 0 Å². The third-order valence-electron chi connectivity index (χ3n) is 5.61. The fourth-order valence-corrected chi connectivity index (χ4v) is 5.74. The average molecular weight is 402 g/mol. The van der Waals surface area contributed by atoms with Gasteiger partial charge in [0.15, 0.2) is 0 Å². The van der Waals surface area contributed by atoms with E-state index in [1.54, 1.807) is 0 Å². The van der Waals surface area contributed by atoms with E-state index < -0.39 is 21.9 Å². The minimum atomic E-state index is -3.84. The van der Waals surface area contributed by atoms with Crippen LogP contribution >= 0.6 is 0 Å². The van der Waals surface area contributed by atoms with Gasteiger partial charge < -0.3 is 4.90 Å². The van der Waals surface area contributed by atoms with Gasteiger partial charge in [-0.25, -0.2) is 12.8 Å². The Balaban J connectivity index is 1.70. The fourth-order valence-electron chi connectivity index (χ4n) is 4.13. The molecular formula is C21H23FN2O3S. The van der Waals surface area contributed by atoms with Crippen molar-refractivity contribution in [1.82, 2.24) is 9.21 Å². The van der Waals surface area contributed by atoms with E-state index >= 15 is 0 Å². The molecule has 0 spiro atoms. The average Bonchev–Trinajstić information content (AvgIpc) is 3.23. The van der Waals surface area contributed by atoms with Crippen molar-refractivity contribution in [2.24, 2.45) is 0 Å². The summed E-state index contributed by atoms with van der Waals surface area (Å²) in [6, 6.07) is 12.0. The Morgan fingerprint density at radius 1 is 1.00 bits per heavy atom. The van der Waals surface area contributed by atoms with Crippen molar-refractivity contribution in [2.75, 3.05) is 19.6 Å². The highest BCUT2D eigenvalue weighted by molar-refractivity contribution is 7.89. The molecule has 1 atom stereocenters. The molecule has 148 valence electrons. The summed E-state index contributed by atoms with van der Waals surface area (Å²) in [6.45, 7) is 1.77. The van der Waals surface area contributed by atoms with Crippen molar-refractivity contribution < 1.29 is 17.6 Å². The summed E-state index contributed by atoms with van der Waals surface area (Å²) in [7, 11) is -3.84. The van der Waals surface area contributed by atoms with Gasteiger partial charge in [-0.2, -0.15) is 4.31 Å². The summed E-state index contributed by atoms with van der Waals surface area (Å²) in [5.41, 5.74) is 1.96. The number of hydrogen-bond acceptors (Lipinski definition) is 3. The van der Waals surface area contributed by atoms with Crippen LogP contribution in [0.1, 0.15) is 36.4 Å². The van der Waals surface area contributed by atoms with E-state index in [0.717, 1.165) is 49.2 Å². The number of fused-ring (bicyclic) bond motifs is 1. The van der Waals surface area contributed by atoms with Crippen molar-refractivity contribution in [3.05, 3.63) is 65.5 Å². The Morgan fingerprint density at radius 2 is 1.68 bits per heavy atom. The van der Waals surface area contributed by atoms with Crippen LogP contribution in [0.3, 0.4) is 0 Å². The monoisotopic (exact) mass is 402 g/mol. The maximum atomic E-state index is 13.3. The molecule has 0 saturated carbocycles. The molecule has 1 amide bonds. The second-order valence-corrected chi connectivity index (χ2v) is 9.22. The molecule has 2 heterocycles. The predicted octanol–water partition coefficient (Wildman–Crippen LogP) is 3.13. The van der Waals surface area contributed by atoms with Crippen molar-refractivity contribution in [2.45, 2.75) is 36.6 Å². The molecule has 1 saturated heterocycles. The standard InChI is InChI=1S/C21H23FN2O3S/c22-17-7-9-18(10-8-17)28(26,27)24-14-11-16-5-1-2-6-19(16)20(24)15-21(25)23-12-3-4-13-23/h1-2,5-10,20H,3-4,11-15H2/t20-/m1/s1. The van der Waals surface area contributed by atoms with Crippen LogP contribution in [0.2, 0.25) is 0 Å². The van der Waals surface area contributed by atoms with Gasteiger partial charge in [0.05, 0.1) is 10.9 Å². The molecule has 2 aromatic rings. The molecule has 28 heavy (non-hydrogen) atoms. The van der Waals surface area contributed by atoms with Crippen LogP contribution in [-0.2, 0) is 21.2 Å². The minimum Gasteiger partial charge on any atom is -0.343 e. The lowest BCUT2D eigenvalue weighted by molar-refractivity contribution is -0.131. The van der Waals surface area contributed by atoms with E-state index in [0.29, 0.717) is 13.0 Å². The molecule has 7 heteroatoms. The first-order chi connectivity index (χ1) is 13.5. The second-order valence-electron chi connectivity index (χ2n) is 7.33. The largest absolute Gasteiger partial charge is 0.343 e. The molecule has 0 N–H and O–H groups in total. The lowest BCUT2D eigenvalue weighted by Gasteiger charge is -2.36. The van der Waals surface area contributed by atoms with Gasteiger partial charge in [0.2, 0.25) is 15.9 Å². The third kappa shape index (κ3) is 3.56. The van der Waals surface area contributed by atoms with Gasteiger partial charge in [-0.1, -0.05) is 24.3 Å². The number of rotatable bonds is 4. The van der Waals surface area contributed by atoms with Crippen LogP contribution in [0.4, 0.5) is 4.39 Å². The van der Waals surface area contributed by atoms with Gasteiger partial charge in [-0.05, 0) is 54.7 Å². The normalized spacial score (nSPS) is 20.2. The van der Waals surface area contributed by atoms with Crippen molar-refractivity contribution in [3.8, 4) is 0 Å². The number of hydrogen-bond donors (Lipinski definition) is 0. The highest BCUT2D eigenvalue weighted by Gasteiger charge is 2.38. The fraction of sp³-hybridized carbons (Fsp3) is 0.381. The number of sulfonamides is 1. The molecule has 5 nitrogen and oxygen atoms in total. The smallest absolute Gasteiger partial charge is 0.243 e. The molecule has 2 aliphatic rings. The van der Waals surface area contributed by atoms with Gasteiger partial charge in [-0.3, -0.25) is 4.79 Å². The summed E-state index contributed by atoms with van der Waals surface area (Å²) >= 11 is 0. The van der Waals surface area contributed by atoms with Crippen LogP contribution in [0, 0.1) is 5.82 Å². The Morgan fingerprint density at radius 3 is 2.39 bits per heavy atom. The van der Waals surface area contributed by atoms with Crippen LogP contribution in [-0.4, -0.2) is 43.2 Å². The maximum Gasteiger partial charge on any atom is 0.243 e. The minimum absolute atomic E-state index is 0.0153. The van der Waals surface area contributed by atoms with Gasteiger partial charge in [0.1, 0.15) is 5.82 Å². The molecule has 2 aromatic carbocycles. The number of carbonyl (C=O) groups is 1. The lowest BCUT2D eigenvalue weighted by atomic mass is 9.92. The van der Waals surface area contributed by atoms with E-state index in [9.17, 15) is 17.6 Å². The van der Waals surface area contributed by atoms with Crippen molar-refractivity contribution >= 4 is 15.9 Å². The van der Waals surface area contributed by atoms with E-state index in [1.165, 1.54) is 16.4 Å². The summed E-state index contributed by atoms with van der Waals surface area (Å²) < 4.78 is 41.3. The van der Waals surface area contributed by atoms with Crippen LogP contribution in [0.25, 0.3) is 0 Å². The molecule has 0 aliphatic carbocycles. The number of benzene rings is 2. The molecule has 0 bridgehead atoms. The van der Waals surface area contributed by atoms with Crippen molar-refractivity contribution in [3.63, 3.8) is 0 Å². The zero-order chi connectivity index (χ0) is 19.7. The van der Waals surface area contributed by atoms with Crippen LogP contribution in [0.15, 0.2) is 53.4 Å². The first kappa shape index (κ1) is 19.1. The number of amides is 1. The molecule has 0 aromatic heterocycles. The maximum absolute atomic E-state index is 13.3. The highest BCUT2D eigenvalue weighted by atomic mass is 32.2. The van der Waals surface area contributed by atoms with E-state index in [4.69, 9.17) is 0 Å².